The van der Waals surface area contributed by atoms with Crippen molar-refractivity contribution in [3.63, 3.8) is 0 Å². The van der Waals surface area contributed by atoms with Crippen molar-refractivity contribution in [1.29, 1.82) is 0 Å². The zero-order valence-electron chi connectivity index (χ0n) is 12.0. The number of nitrogens with zero attached hydrogens (tertiary/aromatic N) is 1. The van der Waals surface area contributed by atoms with Gasteiger partial charge in [-0.25, -0.2) is 4.79 Å². The highest BCUT2D eigenvalue weighted by Gasteiger charge is 2.55. The second-order valence-corrected chi connectivity index (χ2v) is 6.95. The van der Waals surface area contributed by atoms with Crippen LogP contribution in [0.1, 0.15) is 33.6 Å². The Morgan fingerprint density at radius 3 is 2.84 bits per heavy atom. The van der Waals surface area contributed by atoms with Gasteiger partial charge in [-0.1, -0.05) is 0 Å². The predicted octanol–water partition coefficient (Wildman–Crippen LogP) is 1.37. The minimum Gasteiger partial charge on any atom is -0.444 e. The van der Waals surface area contributed by atoms with Crippen molar-refractivity contribution in [2.24, 2.45) is 5.92 Å². The smallest absolute Gasteiger partial charge is 0.410 e. The van der Waals surface area contributed by atoms with E-state index in [1.807, 2.05) is 25.7 Å². The highest BCUT2D eigenvalue weighted by atomic mass is 16.6. The molecule has 1 aliphatic carbocycles. The van der Waals surface area contributed by atoms with Crippen molar-refractivity contribution in [2.45, 2.75) is 57.3 Å². The molecule has 4 atom stereocenters. The molecule has 0 aromatic rings. The topological polar surface area (TPSA) is 50.8 Å². The molecule has 108 valence electrons. The van der Waals surface area contributed by atoms with Gasteiger partial charge in [-0.3, -0.25) is 0 Å². The van der Waals surface area contributed by atoms with Gasteiger partial charge in [-0.15, -0.1) is 0 Å². The summed E-state index contributed by atoms with van der Waals surface area (Å²) in [7, 11) is 0. The van der Waals surface area contributed by atoms with E-state index in [9.17, 15) is 4.79 Å². The van der Waals surface area contributed by atoms with Gasteiger partial charge >= 0.3 is 6.09 Å². The molecule has 0 aromatic carbocycles. The van der Waals surface area contributed by atoms with Crippen LogP contribution in [-0.2, 0) is 9.47 Å². The van der Waals surface area contributed by atoms with Crippen LogP contribution in [0, 0.1) is 5.92 Å². The van der Waals surface area contributed by atoms with Gasteiger partial charge < -0.3 is 19.7 Å². The average Bonchev–Trinajstić information content (AvgIpc) is 2.98. The first-order chi connectivity index (χ1) is 8.94. The molecule has 3 heterocycles. The fraction of sp³-hybridized carbons (Fsp3) is 0.929. The number of fused-ring (bicyclic) bond motifs is 1. The van der Waals surface area contributed by atoms with E-state index >= 15 is 0 Å². The summed E-state index contributed by atoms with van der Waals surface area (Å²) in [4.78, 5) is 14.0. The Morgan fingerprint density at radius 1 is 1.42 bits per heavy atom. The molecule has 4 rings (SSSR count). The lowest BCUT2D eigenvalue weighted by atomic mass is 9.79. The van der Waals surface area contributed by atoms with E-state index in [0.717, 1.165) is 32.6 Å². The number of ether oxygens (including phenoxy) is 2. The van der Waals surface area contributed by atoms with Crippen LogP contribution in [0.3, 0.4) is 0 Å². The van der Waals surface area contributed by atoms with E-state index in [0.29, 0.717) is 24.0 Å². The number of carbonyl (C=O) groups is 1. The molecular weight excluding hydrogens is 244 g/mol. The summed E-state index contributed by atoms with van der Waals surface area (Å²) < 4.78 is 10.9. The Bertz CT molecular complexity index is 360. The quantitative estimate of drug-likeness (QED) is 0.822. The number of nitrogens with one attached hydrogen (secondary N) is 1. The van der Waals surface area contributed by atoms with Crippen molar-refractivity contribution in [1.82, 2.24) is 10.2 Å². The van der Waals surface area contributed by atoms with Crippen LogP contribution in [0.5, 0.6) is 0 Å². The van der Waals surface area contributed by atoms with Crippen LogP contribution >= 0.6 is 0 Å². The predicted molar refractivity (Wildman–Crippen MR) is 71.0 cm³/mol. The molecule has 1 N–H and O–H groups in total. The van der Waals surface area contributed by atoms with E-state index in [1.54, 1.807) is 0 Å². The Labute approximate surface area is 114 Å². The van der Waals surface area contributed by atoms with Crippen LogP contribution in [-0.4, -0.2) is 54.5 Å². The maximum atomic E-state index is 12.1. The zero-order valence-corrected chi connectivity index (χ0v) is 12.0. The molecule has 4 aliphatic rings. The first-order valence-electron chi connectivity index (χ1n) is 7.27. The third-order valence-electron chi connectivity index (χ3n) is 4.28. The molecule has 3 saturated heterocycles. The number of amides is 1. The van der Waals surface area contributed by atoms with E-state index in [-0.39, 0.29) is 6.09 Å². The molecule has 1 amide bonds. The molecule has 0 aromatic heterocycles. The van der Waals surface area contributed by atoms with Crippen LogP contribution in [0.2, 0.25) is 0 Å². The standard InChI is InChI=1S/C14H24N2O3/c1-14(2,3)19-13(17)16-7-9-6-11(16)12(9)15-10-4-5-18-8-10/h9-12,15H,4-8H2,1-3H3. The summed E-state index contributed by atoms with van der Waals surface area (Å²) in [6, 6.07) is 1.23. The van der Waals surface area contributed by atoms with E-state index in [4.69, 9.17) is 9.47 Å². The second-order valence-electron chi connectivity index (χ2n) is 6.95. The summed E-state index contributed by atoms with van der Waals surface area (Å²) in [5.41, 5.74) is -0.410. The number of hydrogen-bond acceptors (Lipinski definition) is 4. The largest absolute Gasteiger partial charge is 0.444 e. The van der Waals surface area contributed by atoms with Crippen molar-refractivity contribution >= 4 is 6.09 Å². The molecule has 5 nitrogen and oxygen atoms in total. The lowest BCUT2D eigenvalue weighted by Gasteiger charge is -2.38. The normalized spacial score (nSPS) is 37.3. The summed E-state index contributed by atoms with van der Waals surface area (Å²) in [6.45, 7) is 8.24. The third-order valence-corrected chi connectivity index (χ3v) is 4.28. The van der Waals surface area contributed by atoms with Crippen molar-refractivity contribution < 1.29 is 14.3 Å². The summed E-state index contributed by atoms with van der Waals surface area (Å²) in [6.07, 6.45) is 2.04. The van der Waals surface area contributed by atoms with Crippen LogP contribution in [0.15, 0.2) is 0 Å². The van der Waals surface area contributed by atoms with Crippen LogP contribution < -0.4 is 5.32 Å². The maximum absolute atomic E-state index is 12.1. The molecule has 2 bridgehead atoms. The molecule has 4 unspecified atom stereocenters. The molecule has 3 aliphatic heterocycles. The van der Waals surface area contributed by atoms with Gasteiger partial charge in [0.2, 0.25) is 0 Å². The zero-order chi connectivity index (χ0) is 13.6. The lowest BCUT2D eigenvalue weighted by molar-refractivity contribution is 0.0219. The van der Waals surface area contributed by atoms with E-state index < -0.39 is 5.60 Å². The SMILES string of the molecule is CC(C)(C)OC(=O)N1CC2CC1C2NC1CCOC1. The monoisotopic (exact) mass is 268 g/mol. The third kappa shape index (κ3) is 2.58. The fourth-order valence-electron chi connectivity index (χ4n) is 3.33. The lowest BCUT2D eigenvalue weighted by Crippen LogP contribution is -2.56. The number of hydrogen-bond donors (Lipinski definition) is 1. The molecule has 0 radical (unpaired) electrons. The maximum Gasteiger partial charge on any atom is 0.410 e. The number of rotatable bonds is 2. The molecule has 5 heteroatoms. The molecule has 0 spiro atoms. The molecule has 4 fully saturated rings. The van der Waals surface area contributed by atoms with Gasteiger partial charge in [0, 0.05) is 25.2 Å². The number of carbonyl (C=O) groups excluding carboxylic acids is 1. The van der Waals surface area contributed by atoms with Gasteiger partial charge in [0.1, 0.15) is 5.60 Å². The van der Waals surface area contributed by atoms with Gasteiger partial charge in [-0.05, 0) is 39.5 Å². The van der Waals surface area contributed by atoms with E-state index in [1.165, 1.54) is 0 Å². The van der Waals surface area contributed by atoms with Crippen LogP contribution in [0.25, 0.3) is 0 Å². The van der Waals surface area contributed by atoms with Crippen molar-refractivity contribution in [3.05, 3.63) is 0 Å². The second kappa shape index (κ2) is 4.63. The summed E-state index contributed by atoms with van der Waals surface area (Å²) >= 11 is 0. The van der Waals surface area contributed by atoms with Gasteiger partial charge in [-0.2, -0.15) is 0 Å². The average molecular weight is 268 g/mol. The minimum absolute atomic E-state index is 0.160. The fourth-order valence-corrected chi connectivity index (χ4v) is 3.33. The van der Waals surface area contributed by atoms with Crippen molar-refractivity contribution in [2.75, 3.05) is 19.8 Å². The minimum atomic E-state index is -0.410. The van der Waals surface area contributed by atoms with E-state index in [2.05, 4.69) is 5.32 Å². The molecule has 19 heavy (non-hydrogen) atoms. The Hall–Kier alpha value is -0.810. The Balaban J connectivity index is 1.55. The first kappa shape index (κ1) is 13.2. The Morgan fingerprint density at radius 2 is 2.21 bits per heavy atom. The van der Waals surface area contributed by atoms with Gasteiger partial charge in [0.25, 0.3) is 0 Å². The summed E-state index contributed by atoms with van der Waals surface area (Å²) in [5, 5.41) is 3.65. The van der Waals surface area contributed by atoms with Crippen molar-refractivity contribution in [3.8, 4) is 0 Å². The first-order valence-corrected chi connectivity index (χ1v) is 7.27. The van der Waals surface area contributed by atoms with Gasteiger partial charge in [0.05, 0.1) is 12.6 Å². The van der Waals surface area contributed by atoms with Gasteiger partial charge in [0.15, 0.2) is 0 Å². The molecular formula is C14H24N2O3. The molecule has 1 saturated carbocycles. The summed E-state index contributed by atoms with van der Waals surface area (Å²) in [5.74, 6) is 0.595. The Kier molecular flexibility index (Phi) is 3.21. The van der Waals surface area contributed by atoms with Crippen LogP contribution in [0.4, 0.5) is 4.79 Å². The highest BCUT2D eigenvalue weighted by molar-refractivity contribution is 5.70. The highest BCUT2D eigenvalue weighted by Crippen LogP contribution is 2.42.